The van der Waals surface area contributed by atoms with E-state index in [4.69, 9.17) is 16.7 Å². The number of rotatable bonds is 2. The molecule has 0 aromatic rings. The van der Waals surface area contributed by atoms with Gasteiger partial charge in [-0.25, -0.2) is 0 Å². The normalized spacial score (nSPS) is 11.7. The topological polar surface area (TPSA) is 55.2 Å². The maximum absolute atomic E-state index is 8.64. The van der Waals surface area contributed by atoms with E-state index in [2.05, 4.69) is 0 Å². The van der Waals surface area contributed by atoms with Gasteiger partial charge in [-0.3, -0.25) is 0 Å². The third-order valence-corrected chi connectivity index (χ3v) is 0.836. The standard InChI is InChI=1S/C5H13ClNO.2ClH.H3N/c1-7(2,3)4-5(6)8;;;/h5,8H,4H2,1-3H3;2*1H;1H3/q+1;;;/p-1. The number of nitrogens with zero attached hydrogens (tertiary/aromatic N) is 1. The lowest BCUT2D eigenvalue weighted by Gasteiger charge is -2.24. The van der Waals surface area contributed by atoms with E-state index in [0.29, 0.717) is 11.0 Å². The van der Waals surface area contributed by atoms with Crippen molar-refractivity contribution in [3.05, 3.63) is 0 Å². The van der Waals surface area contributed by atoms with Gasteiger partial charge in [0.1, 0.15) is 6.54 Å². The number of quaternary nitrogens is 1. The van der Waals surface area contributed by atoms with E-state index >= 15 is 0 Å². The first-order chi connectivity index (χ1) is 3.42. The highest BCUT2D eigenvalue weighted by molar-refractivity contribution is 6.19. The van der Waals surface area contributed by atoms with Gasteiger partial charge < -0.3 is 28.1 Å². The molecule has 0 aromatic heterocycles. The van der Waals surface area contributed by atoms with Gasteiger partial charge in [0, 0.05) is 0 Å². The first kappa shape index (κ1) is 22.6. The van der Waals surface area contributed by atoms with E-state index in [0.717, 1.165) is 0 Å². The molecular formula is C5H17Cl3N2O. The van der Waals surface area contributed by atoms with Crippen LogP contribution in [0.3, 0.4) is 0 Å². The molecule has 0 amide bonds. The van der Waals surface area contributed by atoms with Crippen LogP contribution in [0, 0.1) is 0 Å². The van der Waals surface area contributed by atoms with Crippen molar-refractivity contribution in [1.29, 1.82) is 0 Å². The van der Waals surface area contributed by atoms with Crippen LogP contribution in [-0.2, 0) is 0 Å². The van der Waals surface area contributed by atoms with E-state index < -0.39 is 5.56 Å². The highest BCUT2D eigenvalue weighted by atomic mass is 35.5. The van der Waals surface area contributed by atoms with Crippen molar-refractivity contribution in [2.24, 2.45) is 0 Å². The number of aliphatic hydroxyl groups is 1. The predicted octanol–water partition coefficient (Wildman–Crippen LogP) is -2.16. The zero-order valence-electron chi connectivity index (χ0n) is 7.05. The molecule has 0 saturated carbocycles. The average Bonchev–Trinajstić information content (AvgIpc) is 1.21. The first-order valence-electron chi connectivity index (χ1n) is 2.54. The lowest BCUT2D eigenvalue weighted by molar-refractivity contribution is -0.872. The first-order valence-corrected chi connectivity index (χ1v) is 2.98. The van der Waals surface area contributed by atoms with Gasteiger partial charge in [0.15, 0.2) is 5.56 Å². The monoisotopic (exact) mass is 226 g/mol. The highest BCUT2D eigenvalue weighted by Gasteiger charge is 2.11. The molecule has 4 N–H and O–H groups in total. The summed E-state index contributed by atoms with van der Waals surface area (Å²) in [6.45, 7) is 0.585. The van der Waals surface area contributed by atoms with Crippen LogP contribution in [0.25, 0.3) is 0 Å². The quantitative estimate of drug-likeness (QED) is 0.417. The molecule has 0 aliphatic heterocycles. The second-order valence-electron chi connectivity index (χ2n) is 2.91. The number of aliphatic hydroxyl groups excluding tert-OH is 1. The van der Waals surface area contributed by atoms with Crippen molar-refractivity contribution in [3.63, 3.8) is 0 Å². The summed E-state index contributed by atoms with van der Waals surface area (Å²) in [5, 5.41) is 8.64. The molecule has 74 valence electrons. The van der Waals surface area contributed by atoms with E-state index in [1.54, 1.807) is 0 Å². The van der Waals surface area contributed by atoms with Crippen LogP contribution in [0.4, 0.5) is 0 Å². The van der Waals surface area contributed by atoms with Crippen LogP contribution >= 0.6 is 24.0 Å². The molecule has 0 spiro atoms. The molecule has 0 rings (SSSR count). The zero-order chi connectivity index (χ0) is 6.78. The van der Waals surface area contributed by atoms with Crippen LogP contribution in [0.15, 0.2) is 0 Å². The number of hydrogen-bond donors (Lipinski definition) is 2. The maximum Gasteiger partial charge on any atom is 0.177 e. The SMILES string of the molecule is C[N+](C)(C)CC(O)Cl.Cl.N.[Cl-]. The molecule has 0 bridgehead atoms. The third-order valence-electron chi connectivity index (χ3n) is 0.698. The minimum absolute atomic E-state index is 0. The number of alkyl halides is 1. The van der Waals surface area contributed by atoms with Crippen molar-refractivity contribution in [3.8, 4) is 0 Å². The molecule has 3 nitrogen and oxygen atoms in total. The number of hydrogen-bond acceptors (Lipinski definition) is 2. The molecule has 0 saturated heterocycles. The lowest BCUT2D eigenvalue weighted by Crippen LogP contribution is -3.00. The average molecular weight is 228 g/mol. The van der Waals surface area contributed by atoms with Gasteiger partial charge in [-0.05, 0) is 0 Å². The Balaban J connectivity index is -0.0000000817. The smallest absolute Gasteiger partial charge is 0.177 e. The van der Waals surface area contributed by atoms with E-state index in [1.807, 2.05) is 21.1 Å². The molecule has 1 unspecified atom stereocenters. The minimum atomic E-state index is -0.713. The summed E-state index contributed by atoms with van der Waals surface area (Å²) in [5.41, 5.74) is -0.713. The summed E-state index contributed by atoms with van der Waals surface area (Å²) in [5.74, 6) is 0. The van der Waals surface area contributed by atoms with Crippen LogP contribution in [-0.4, -0.2) is 42.8 Å². The Morgan fingerprint density at radius 2 is 1.64 bits per heavy atom. The predicted molar refractivity (Wildman–Crippen MR) is 47.0 cm³/mol. The minimum Gasteiger partial charge on any atom is -1.00 e. The van der Waals surface area contributed by atoms with Crippen molar-refractivity contribution in [1.82, 2.24) is 6.15 Å². The van der Waals surface area contributed by atoms with Crippen LogP contribution in [0.2, 0.25) is 0 Å². The molecule has 6 heteroatoms. The van der Waals surface area contributed by atoms with E-state index in [1.165, 1.54) is 0 Å². The number of halogens is 3. The van der Waals surface area contributed by atoms with Crippen LogP contribution in [0.1, 0.15) is 0 Å². The van der Waals surface area contributed by atoms with E-state index in [9.17, 15) is 0 Å². The summed E-state index contributed by atoms with van der Waals surface area (Å²) < 4.78 is 0.699. The van der Waals surface area contributed by atoms with E-state index in [-0.39, 0.29) is 31.0 Å². The molecule has 0 heterocycles. The van der Waals surface area contributed by atoms with Crippen LogP contribution in [0.5, 0.6) is 0 Å². The Kier molecular flexibility index (Phi) is 18.2. The fraction of sp³-hybridized carbons (Fsp3) is 1.00. The highest BCUT2D eigenvalue weighted by Crippen LogP contribution is 1.96. The molecule has 0 aliphatic rings. The Labute approximate surface area is 85.7 Å². The van der Waals surface area contributed by atoms with Crippen molar-refractivity contribution in [2.45, 2.75) is 5.56 Å². The van der Waals surface area contributed by atoms with Gasteiger partial charge in [0.2, 0.25) is 0 Å². The Bertz CT molecular complexity index is 74.6. The van der Waals surface area contributed by atoms with Crippen molar-refractivity contribution < 1.29 is 22.0 Å². The Morgan fingerprint density at radius 1 is 1.36 bits per heavy atom. The summed E-state index contributed by atoms with van der Waals surface area (Å²) in [4.78, 5) is 0. The molecule has 1 atom stereocenters. The van der Waals surface area contributed by atoms with Crippen LogP contribution < -0.4 is 18.6 Å². The molecule has 0 fully saturated rings. The van der Waals surface area contributed by atoms with Gasteiger partial charge >= 0.3 is 0 Å². The molecule has 11 heavy (non-hydrogen) atoms. The zero-order valence-corrected chi connectivity index (χ0v) is 9.38. The second-order valence-corrected chi connectivity index (χ2v) is 3.41. The van der Waals surface area contributed by atoms with Crippen molar-refractivity contribution >= 4 is 24.0 Å². The molecule has 0 aliphatic carbocycles. The molecular weight excluding hydrogens is 210 g/mol. The third kappa shape index (κ3) is 24.9. The summed E-state index contributed by atoms with van der Waals surface area (Å²) in [7, 11) is 5.93. The fourth-order valence-corrected chi connectivity index (χ4v) is 0.866. The van der Waals surface area contributed by atoms with Gasteiger partial charge in [-0.2, -0.15) is 0 Å². The van der Waals surface area contributed by atoms with Crippen molar-refractivity contribution in [2.75, 3.05) is 27.7 Å². The van der Waals surface area contributed by atoms with Gasteiger partial charge in [-0.1, -0.05) is 11.6 Å². The summed E-state index contributed by atoms with van der Waals surface area (Å²) in [6, 6.07) is 0. The molecule has 0 radical (unpaired) electrons. The fourth-order valence-electron chi connectivity index (χ4n) is 0.452. The Morgan fingerprint density at radius 3 is 1.64 bits per heavy atom. The van der Waals surface area contributed by atoms with Gasteiger partial charge in [0.05, 0.1) is 21.1 Å². The van der Waals surface area contributed by atoms with Gasteiger partial charge in [0.25, 0.3) is 0 Å². The second kappa shape index (κ2) is 8.84. The number of likely N-dealkylation sites (N-methyl/N-ethyl adjacent to an activating group) is 1. The van der Waals surface area contributed by atoms with Gasteiger partial charge in [-0.15, -0.1) is 12.4 Å². The molecule has 0 aromatic carbocycles. The largest absolute Gasteiger partial charge is 1.00 e. The maximum atomic E-state index is 8.64. The summed E-state index contributed by atoms with van der Waals surface area (Å²) in [6.07, 6.45) is 0. The lowest BCUT2D eigenvalue weighted by atomic mass is 10.5. The Hall–Kier alpha value is 0.750. The summed E-state index contributed by atoms with van der Waals surface area (Å²) >= 11 is 5.30.